The zero-order chi connectivity index (χ0) is 12.3. The van der Waals surface area contributed by atoms with Gasteiger partial charge in [-0.3, -0.25) is 9.48 Å². The summed E-state index contributed by atoms with van der Waals surface area (Å²) in [5.74, 6) is 0.475. The summed E-state index contributed by atoms with van der Waals surface area (Å²) < 4.78 is 2.69. The number of aryl methyl sites for hydroxylation is 1. The van der Waals surface area contributed by atoms with Gasteiger partial charge in [-0.2, -0.15) is 5.10 Å². The Hall–Kier alpha value is -0.840. The minimum Gasteiger partial charge on any atom is -0.354 e. The molecule has 0 unspecified atom stereocenters. The van der Waals surface area contributed by atoms with Crippen LogP contribution < -0.4 is 5.32 Å². The number of carbonyl (C=O) groups is 1. The molecule has 1 amide bonds. The summed E-state index contributed by atoms with van der Waals surface area (Å²) in [6.45, 7) is 8.99. The number of carbonyl (C=O) groups excluding carboxylic acids is 1. The third kappa shape index (κ3) is 3.33. The first-order valence-corrected chi connectivity index (χ1v) is 6.17. The van der Waals surface area contributed by atoms with Crippen molar-refractivity contribution in [2.75, 3.05) is 6.54 Å². The Labute approximate surface area is 105 Å². The SMILES string of the molecule is Cc1nn(CC(=O)NCC(C)C)c(C)c1Br. The van der Waals surface area contributed by atoms with E-state index in [0.717, 1.165) is 15.9 Å². The lowest BCUT2D eigenvalue weighted by molar-refractivity contribution is -0.122. The van der Waals surface area contributed by atoms with E-state index in [0.29, 0.717) is 12.5 Å². The molecule has 1 aromatic heterocycles. The number of hydrogen-bond donors (Lipinski definition) is 1. The van der Waals surface area contributed by atoms with Crippen LogP contribution in [-0.2, 0) is 11.3 Å². The Morgan fingerprint density at radius 1 is 1.50 bits per heavy atom. The second-order valence-electron chi connectivity index (χ2n) is 4.34. The van der Waals surface area contributed by atoms with E-state index in [1.165, 1.54) is 0 Å². The van der Waals surface area contributed by atoms with Crippen molar-refractivity contribution in [3.63, 3.8) is 0 Å². The van der Waals surface area contributed by atoms with Gasteiger partial charge in [0, 0.05) is 6.54 Å². The fourth-order valence-electron chi connectivity index (χ4n) is 1.34. The highest BCUT2D eigenvalue weighted by Crippen LogP contribution is 2.19. The molecule has 0 saturated carbocycles. The maximum atomic E-state index is 11.6. The van der Waals surface area contributed by atoms with Crippen LogP contribution in [0.25, 0.3) is 0 Å². The van der Waals surface area contributed by atoms with Gasteiger partial charge in [-0.1, -0.05) is 13.8 Å². The van der Waals surface area contributed by atoms with Crippen LogP contribution in [0.15, 0.2) is 4.47 Å². The van der Waals surface area contributed by atoms with Gasteiger partial charge in [0.25, 0.3) is 0 Å². The second-order valence-corrected chi connectivity index (χ2v) is 5.13. The van der Waals surface area contributed by atoms with E-state index in [2.05, 4.69) is 40.2 Å². The van der Waals surface area contributed by atoms with Crippen molar-refractivity contribution in [3.05, 3.63) is 15.9 Å². The molecule has 0 atom stereocenters. The van der Waals surface area contributed by atoms with Gasteiger partial charge in [-0.05, 0) is 35.7 Å². The number of nitrogens with zero attached hydrogens (tertiary/aromatic N) is 2. The molecular formula is C11H18BrN3O. The number of rotatable bonds is 4. The van der Waals surface area contributed by atoms with E-state index < -0.39 is 0 Å². The molecule has 5 heteroatoms. The summed E-state index contributed by atoms with van der Waals surface area (Å²) in [5, 5.41) is 7.16. The first-order chi connectivity index (χ1) is 7.41. The first kappa shape index (κ1) is 13.2. The minimum absolute atomic E-state index is 0.00630. The Balaban J connectivity index is 2.60. The van der Waals surface area contributed by atoms with Crippen molar-refractivity contribution in [2.24, 2.45) is 5.92 Å². The molecule has 0 fully saturated rings. The Morgan fingerprint density at radius 2 is 2.12 bits per heavy atom. The van der Waals surface area contributed by atoms with Crippen LogP contribution in [0.3, 0.4) is 0 Å². The fraction of sp³-hybridized carbons (Fsp3) is 0.636. The van der Waals surface area contributed by atoms with E-state index in [4.69, 9.17) is 0 Å². The molecule has 0 radical (unpaired) electrons. The van der Waals surface area contributed by atoms with Crippen molar-refractivity contribution in [1.29, 1.82) is 0 Å². The molecule has 0 saturated heterocycles. The van der Waals surface area contributed by atoms with Gasteiger partial charge in [0.2, 0.25) is 5.91 Å². The van der Waals surface area contributed by atoms with Crippen LogP contribution in [0, 0.1) is 19.8 Å². The molecular weight excluding hydrogens is 270 g/mol. The van der Waals surface area contributed by atoms with Crippen LogP contribution in [0.5, 0.6) is 0 Å². The molecule has 1 aromatic rings. The molecule has 0 aliphatic rings. The Bertz CT molecular complexity index is 385. The molecule has 4 nitrogen and oxygen atoms in total. The van der Waals surface area contributed by atoms with Crippen LogP contribution in [0.1, 0.15) is 25.2 Å². The molecule has 1 heterocycles. The summed E-state index contributed by atoms with van der Waals surface area (Å²) in [4.78, 5) is 11.6. The van der Waals surface area contributed by atoms with Gasteiger partial charge in [0.1, 0.15) is 6.54 Å². The summed E-state index contributed by atoms with van der Waals surface area (Å²) in [6, 6.07) is 0. The molecule has 0 aliphatic carbocycles. The van der Waals surface area contributed by atoms with E-state index in [1.807, 2.05) is 13.8 Å². The normalized spacial score (nSPS) is 10.9. The summed E-state index contributed by atoms with van der Waals surface area (Å²) in [5.41, 5.74) is 1.89. The monoisotopic (exact) mass is 287 g/mol. The van der Waals surface area contributed by atoms with Gasteiger partial charge in [0.05, 0.1) is 15.9 Å². The lowest BCUT2D eigenvalue weighted by Crippen LogP contribution is -2.31. The lowest BCUT2D eigenvalue weighted by atomic mass is 10.2. The molecule has 1 rings (SSSR count). The highest BCUT2D eigenvalue weighted by molar-refractivity contribution is 9.10. The molecule has 0 aliphatic heterocycles. The predicted octanol–water partition coefficient (Wildman–Crippen LogP) is 2.03. The van der Waals surface area contributed by atoms with Crippen LogP contribution in [0.2, 0.25) is 0 Å². The van der Waals surface area contributed by atoms with Gasteiger partial charge in [-0.25, -0.2) is 0 Å². The van der Waals surface area contributed by atoms with Crippen molar-refractivity contribution < 1.29 is 4.79 Å². The molecule has 0 aromatic carbocycles. The second kappa shape index (κ2) is 5.48. The van der Waals surface area contributed by atoms with Crippen LogP contribution >= 0.6 is 15.9 Å². The maximum absolute atomic E-state index is 11.6. The first-order valence-electron chi connectivity index (χ1n) is 5.38. The zero-order valence-electron chi connectivity index (χ0n) is 10.2. The largest absolute Gasteiger partial charge is 0.354 e. The van der Waals surface area contributed by atoms with Crippen molar-refractivity contribution in [3.8, 4) is 0 Å². The van der Waals surface area contributed by atoms with Gasteiger partial charge in [0.15, 0.2) is 0 Å². The van der Waals surface area contributed by atoms with Crippen molar-refractivity contribution in [1.82, 2.24) is 15.1 Å². The predicted molar refractivity (Wildman–Crippen MR) is 67.2 cm³/mol. The molecule has 0 bridgehead atoms. The van der Waals surface area contributed by atoms with Crippen LogP contribution in [-0.4, -0.2) is 22.2 Å². The maximum Gasteiger partial charge on any atom is 0.241 e. The highest BCUT2D eigenvalue weighted by Gasteiger charge is 2.11. The number of nitrogens with one attached hydrogen (secondary N) is 1. The quantitative estimate of drug-likeness (QED) is 0.921. The van der Waals surface area contributed by atoms with Crippen LogP contribution in [0.4, 0.5) is 0 Å². The van der Waals surface area contributed by atoms with E-state index in [1.54, 1.807) is 4.68 Å². The minimum atomic E-state index is 0.00630. The van der Waals surface area contributed by atoms with E-state index >= 15 is 0 Å². The van der Waals surface area contributed by atoms with Gasteiger partial charge < -0.3 is 5.32 Å². The lowest BCUT2D eigenvalue weighted by Gasteiger charge is -2.08. The third-order valence-corrected chi connectivity index (χ3v) is 3.44. The average molecular weight is 288 g/mol. The highest BCUT2D eigenvalue weighted by atomic mass is 79.9. The Morgan fingerprint density at radius 3 is 2.56 bits per heavy atom. The van der Waals surface area contributed by atoms with E-state index in [-0.39, 0.29) is 12.5 Å². The number of hydrogen-bond acceptors (Lipinski definition) is 2. The molecule has 0 spiro atoms. The number of aromatic nitrogens is 2. The summed E-state index contributed by atoms with van der Waals surface area (Å²) in [7, 11) is 0. The number of amides is 1. The molecule has 1 N–H and O–H groups in total. The fourth-order valence-corrected chi connectivity index (χ4v) is 1.62. The summed E-state index contributed by atoms with van der Waals surface area (Å²) >= 11 is 3.44. The van der Waals surface area contributed by atoms with E-state index in [9.17, 15) is 4.79 Å². The number of halogens is 1. The Kier molecular flexibility index (Phi) is 4.53. The third-order valence-electron chi connectivity index (χ3n) is 2.29. The molecule has 90 valence electrons. The smallest absolute Gasteiger partial charge is 0.241 e. The van der Waals surface area contributed by atoms with Gasteiger partial charge >= 0.3 is 0 Å². The molecule has 16 heavy (non-hydrogen) atoms. The van der Waals surface area contributed by atoms with Gasteiger partial charge in [-0.15, -0.1) is 0 Å². The summed E-state index contributed by atoms with van der Waals surface area (Å²) in [6.07, 6.45) is 0. The standard InChI is InChI=1S/C11H18BrN3O/c1-7(2)5-13-10(16)6-15-9(4)11(12)8(3)14-15/h7H,5-6H2,1-4H3,(H,13,16). The van der Waals surface area contributed by atoms with Crippen molar-refractivity contribution in [2.45, 2.75) is 34.2 Å². The topological polar surface area (TPSA) is 46.9 Å². The zero-order valence-corrected chi connectivity index (χ0v) is 11.8. The van der Waals surface area contributed by atoms with Crippen molar-refractivity contribution >= 4 is 21.8 Å². The average Bonchev–Trinajstić information content (AvgIpc) is 2.43.